The Kier molecular flexibility index (Phi) is 4.37. The Morgan fingerprint density at radius 2 is 2.38 bits per heavy atom. The van der Waals surface area contributed by atoms with Crippen LogP contribution in [0.1, 0.15) is 25.3 Å². The van der Waals surface area contributed by atoms with Crippen LogP contribution in [0.5, 0.6) is 0 Å². The molecule has 0 radical (unpaired) electrons. The molecule has 1 heterocycles. The summed E-state index contributed by atoms with van der Waals surface area (Å²) in [5, 5.41) is 14.3. The fourth-order valence-corrected chi connectivity index (χ4v) is 1.52. The maximum absolute atomic E-state index is 10.2. The Balaban J connectivity index is 2.49. The molecule has 1 rings (SSSR count). The number of hydrogen-bond acceptors (Lipinski definition) is 4. The minimum absolute atomic E-state index is 0.542. The SMILES string of the molecule is CN(CCC[C@@](C)(O)c1cccnc1)N=O. The molecule has 16 heavy (non-hydrogen) atoms. The first-order valence-corrected chi connectivity index (χ1v) is 5.23. The van der Waals surface area contributed by atoms with Crippen molar-refractivity contribution in [2.75, 3.05) is 13.6 Å². The van der Waals surface area contributed by atoms with Gasteiger partial charge in [-0.05, 0) is 25.8 Å². The van der Waals surface area contributed by atoms with Gasteiger partial charge in [0, 0.05) is 31.5 Å². The van der Waals surface area contributed by atoms with Gasteiger partial charge in [-0.15, -0.1) is 4.91 Å². The van der Waals surface area contributed by atoms with E-state index in [1.165, 1.54) is 5.01 Å². The van der Waals surface area contributed by atoms with Gasteiger partial charge in [0.1, 0.15) is 0 Å². The number of hydrogen-bond donors (Lipinski definition) is 1. The summed E-state index contributed by atoms with van der Waals surface area (Å²) in [5.74, 6) is 0. The highest BCUT2D eigenvalue weighted by atomic mass is 16.3. The van der Waals surface area contributed by atoms with Gasteiger partial charge in [-0.25, -0.2) is 0 Å². The Morgan fingerprint density at radius 1 is 1.62 bits per heavy atom. The van der Waals surface area contributed by atoms with Crippen LogP contribution in [-0.4, -0.2) is 28.7 Å². The third-order valence-corrected chi connectivity index (χ3v) is 2.57. The number of rotatable bonds is 6. The molecule has 1 aromatic rings. The summed E-state index contributed by atoms with van der Waals surface area (Å²) >= 11 is 0. The molecule has 88 valence electrons. The van der Waals surface area contributed by atoms with E-state index >= 15 is 0 Å². The van der Waals surface area contributed by atoms with Crippen molar-refractivity contribution < 1.29 is 5.11 Å². The Morgan fingerprint density at radius 3 is 2.94 bits per heavy atom. The Bertz CT molecular complexity index is 327. The first-order valence-electron chi connectivity index (χ1n) is 5.23. The van der Waals surface area contributed by atoms with Crippen molar-refractivity contribution in [3.05, 3.63) is 35.0 Å². The monoisotopic (exact) mass is 223 g/mol. The minimum atomic E-state index is -0.905. The van der Waals surface area contributed by atoms with E-state index in [0.717, 1.165) is 5.56 Å². The van der Waals surface area contributed by atoms with Crippen molar-refractivity contribution >= 4 is 0 Å². The lowest BCUT2D eigenvalue weighted by atomic mass is 9.92. The van der Waals surface area contributed by atoms with E-state index in [2.05, 4.69) is 10.3 Å². The molecule has 0 saturated carbocycles. The van der Waals surface area contributed by atoms with Crippen molar-refractivity contribution in [2.24, 2.45) is 5.29 Å². The third kappa shape index (κ3) is 3.58. The van der Waals surface area contributed by atoms with E-state index in [1.807, 2.05) is 6.07 Å². The van der Waals surface area contributed by atoms with E-state index in [0.29, 0.717) is 19.4 Å². The lowest BCUT2D eigenvalue weighted by Gasteiger charge is -2.23. The molecular formula is C11H17N3O2. The van der Waals surface area contributed by atoms with Crippen molar-refractivity contribution in [3.8, 4) is 0 Å². The molecule has 0 aliphatic heterocycles. The van der Waals surface area contributed by atoms with Crippen LogP contribution >= 0.6 is 0 Å². The number of aliphatic hydroxyl groups is 1. The molecule has 0 aliphatic rings. The molecule has 0 bridgehead atoms. The second-order valence-electron chi connectivity index (χ2n) is 4.08. The number of nitrogens with zero attached hydrogens (tertiary/aromatic N) is 3. The maximum Gasteiger partial charge on any atom is 0.0884 e. The summed E-state index contributed by atoms with van der Waals surface area (Å²) in [6.45, 7) is 2.29. The summed E-state index contributed by atoms with van der Waals surface area (Å²) < 4.78 is 0. The fourth-order valence-electron chi connectivity index (χ4n) is 1.52. The van der Waals surface area contributed by atoms with E-state index in [-0.39, 0.29) is 0 Å². The van der Waals surface area contributed by atoms with Crippen molar-refractivity contribution in [1.29, 1.82) is 0 Å². The molecule has 0 aliphatic carbocycles. The second-order valence-corrected chi connectivity index (χ2v) is 4.08. The van der Waals surface area contributed by atoms with Crippen LogP contribution in [0.4, 0.5) is 0 Å². The molecule has 1 aromatic heterocycles. The lowest BCUT2D eigenvalue weighted by Crippen LogP contribution is -2.23. The van der Waals surface area contributed by atoms with Crippen molar-refractivity contribution in [3.63, 3.8) is 0 Å². The summed E-state index contributed by atoms with van der Waals surface area (Å²) in [4.78, 5) is 14.1. The number of nitroso groups, excluding NO2 is 1. The van der Waals surface area contributed by atoms with Crippen LogP contribution in [0.15, 0.2) is 29.8 Å². The van der Waals surface area contributed by atoms with E-state index in [9.17, 15) is 10.0 Å². The highest BCUT2D eigenvalue weighted by Crippen LogP contribution is 2.24. The predicted octanol–water partition coefficient (Wildman–Crippen LogP) is 1.68. The molecule has 5 nitrogen and oxygen atoms in total. The molecule has 1 atom stereocenters. The van der Waals surface area contributed by atoms with E-state index in [4.69, 9.17) is 0 Å². The number of aromatic nitrogens is 1. The average molecular weight is 223 g/mol. The second kappa shape index (κ2) is 5.55. The lowest BCUT2D eigenvalue weighted by molar-refractivity contribution is 0.0428. The first-order chi connectivity index (χ1) is 7.56. The largest absolute Gasteiger partial charge is 0.385 e. The van der Waals surface area contributed by atoms with Gasteiger partial charge in [0.05, 0.1) is 10.9 Å². The number of pyridine rings is 1. The van der Waals surface area contributed by atoms with Gasteiger partial charge < -0.3 is 5.11 Å². The van der Waals surface area contributed by atoms with Crippen LogP contribution in [0.3, 0.4) is 0 Å². The highest BCUT2D eigenvalue weighted by Gasteiger charge is 2.22. The quantitative estimate of drug-likeness (QED) is 0.588. The molecule has 0 saturated heterocycles. The first kappa shape index (κ1) is 12.6. The molecule has 0 unspecified atom stereocenters. The molecule has 1 N–H and O–H groups in total. The van der Waals surface area contributed by atoms with Crippen molar-refractivity contribution in [1.82, 2.24) is 9.99 Å². The van der Waals surface area contributed by atoms with Crippen LogP contribution in [-0.2, 0) is 5.60 Å². The summed E-state index contributed by atoms with van der Waals surface area (Å²) in [7, 11) is 1.62. The standard InChI is InChI=1S/C11H17N3O2/c1-11(15,6-4-8-14(2)13-16)10-5-3-7-12-9-10/h3,5,7,9,15H,4,6,8H2,1-2H3/t11-/m1/s1. The van der Waals surface area contributed by atoms with Crippen LogP contribution in [0.2, 0.25) is 0 Å². The summed E-state index contributed by atoms with van der Waals surface area (Å²) in [5.41, 5.74) is -0.116. The summed E-state index contributed by atoms with van der Waals surface area (Å²) in [6, 6.07) is 3.64. The van der Waals surface area contributed by atoms with Crippen LogP contribution in [0.25, 0.3) is 0 Å². The van der Waals surface area contributed by atoms with Crippen molar-refractivity contribution in [2.45, 2.75) is 25.4 Å². The van der Waals surface area contributed by atoms with Gasteiger partial charge in [-0.2, -0.15) is 0 Å². The van der Waals surface area contributed by atoms with Gasteiger partial charge >= 0.3 is 0 Å². The van der Waals surface area contributed by atoms with E-state index in [1.54, 1.807) is 32.4 Å². The zero-order chi connectivity index (χ0) is 12.0. The van der Waals surface area contributed by atoms with Gasteiger partial charge in [0.25, 0.3) is 0 Å². The van der Waals surface area contributed by atoms with Crippen LogP contribution < -0.4 is 0 Å². The smallest absolute Gasteiger partial charge is 0.0884 e. The Hall–Kier alpha value is -1.49. The minimum Gasteiger partial charge on any atom is -0.385 e. The van der Waals surface area contributed by atoms with Crippen LogP contribution in [0, 0.1) is 4.91 Å². The van der Waals surface area contributed by atoms with E-state index < -0.39 is 5.60 Å². The van der Waals surface area contributed by atoms with Gasteiger partial charge in [0.2, 0.25) is 0 Å². The molecule has 0 spiro atoms. The molecular weight excluding hydrogens is 206 g/mol. The predicted molar refractivity (Wildman–Crippen MR) is 61.5 cm³/mol. The van der Waals surface area contributed by atoms with Gasteiger partial charge in [0.15, 0.2) is 0 Å². The highest BCUT2D eigenvalue weighted by molar-refractivity contribution is 5.16. The zero-order valence-corrected chi connectivity index (χ0v) is 9.63. The third-order valence-electron chi connectivity index (χ3n) is 2.57. The zero-order valence-electron chi connectivity index (χ0n) is 9.63. The fraction of sp³-hybridized carbons (Fsp3) is 0.545. The molecule has 5 heteroatoms. The average Bonchev–Trinajstić information content (AvgIpc) is 2.30. The Labute approximate surface area is 95.1 Å². The maximum atomic E-state index is 10.2. The molecule has 0 aromatic carbocycles. The molecule has 0 amide bonds. The normalized spacial score (nSPS) is 14.2. The van der Waals surface area contributed by atoms with Gasteiger partial charge in [-0.3, -0.25) is 9.99 Å². The molecule has 0 fully saturated rings. The summed E-state index contributed by atoms with van der Waals surface area (Å²) in [6.07, 6.45) is 4.59. The van der Waals surface area contributed by atoms with Gasteiger partial charge in [-0.1, -0.05) is 6.07 Å². The topological polar surface area (TPSA) is 65.8 Å².